The average Bonchev–Trinajstić information content (AvgIpc) is 3.14. The minimum Gasteiger partial charge on any atom is -0.524 e. The summed E-state index contributed by atoms with van der Waals surface area (Å²) < 4.78 is 14.3. The average molecular weight is 647 g/mol. The predicted octanol–water partition coefficient (Wildman–Crippen LogP) is 11.4. The summed E-state index contributed by atoms with van der Waals surface area (Å²) in [7, 11) is -7.43. The summed E-state index contributed by atoms with van der Waals surface area (Å²) in [5.74, 6) is 1.93. The first-order valence-corrected chi connectivity index (χ1v) is 30.6. The van der Waals surface area contributed by atoms with Gasteiger partial charge >= 0.3 is 6.71 Å². The van der Waals surface area contributed by atoms with E-state index < -0.39 is 37.0 Å². The fourth-order valence-electron chi connectivity index (χ4n) is 8.34. The Bertz CT molecular complexity index is 1040. The molecular formula is C33H67BO2Si5. The smallest absolute Gasteiger partial charge is 0.524 e. The SMILES string of the molecule is CC(C)(C)[Si](C)([Si](B1Oc2ccccc2O1)=[Si]([Si](C)(C(C)(C)C)C(C)(C)C)[Si](C)(C(C)(C)C)C(C)(C)C)C(C)(C)C. The van der Waals surface area contributed by atoms with Crippen LogP contribution in [-0.2, 0) is 0 Å². The van der Waals surface area contributed by atoms with E-state index in [0.717, 1.165) is 11.5 Å². The Hall–Kier alpha value is -0.0306. The number of rotatable bonds is 4. The highest BCUT2D eigenvalue weighted by Crippen LogP contribution is 2.61. The molecule has 2 nitrogen and oxygen atoms in total. The van der Waals surface area contributed by atoms with E-state index >= 15 is 0 Å². The number of hydrogen-bond donors (Lipinski definition) is 0. The van der Waals surface area contributed by atoms with Crippen LogP contribution in [0.2, 0.25) is 49.9 Å². The lowest BCUT2D eigenvalue weighted by Crippen LogP contribution is -2.80. The van der Waals surface area contributed by atoms with Crippen LogP contribution in [-0.4, -0.2) is 43.7 Å². The molecule has 234 valence electrons. The van der Waals surface area contributed by atoms with Crippen LogP contribution in [0.4, 0.5) is 0 Å². The van der Waals surface area contributed by atoms with Gasteiger partial charge in [-0.1, -0.05) is 156 Å². The first-order valence-electron chi connectivity index (χ1n) is 16.0. The molecule has 1 aromatic carbocycles. The third kappa shape index (κ3) is 5.88. The molecule has 0 aromatic heterocycles. The Labute approximate surface area is 262 Å². The quantitative estimate of drug-likeness (QED) is 0.303. The fourth-order valence-corrected chi connectivity index (χ4v) is 134. The van der Waals surface area contributed by atoms with Crippen molar-refractivity contribution < 1.29 is 9.31 Å². The van der Waals surface area contributed by atoms with Crippen molar-refractivity contribution in [3.63, 3.8) is 0 Å². The molecule has 0 bridgehead atoms. The van der Waals surface area contributed by atoms with Crippen molar-refractivity contribution in [1.29, 1.82) is 0 Å². The van der Waals surface area contributed by atoms with E-state index in [9.17, 15) is 0 Å². The lowest BCUT2D eigenvalue weighted by atomic mass is 10.2. The Morgan fingerprint density at radius 3 is 0.927 bits per heavy atom. The van der Waals surface area contributed by atoms with Crippen LogP contribution >= 0.6 is 0 Å². The Morgan fingerprint density at radius 2 is 0.707 bits per heavy atom. The van der Waals surface area contributed by atoms with Gasteiger partial charge in [0.2, 0.25) is 0 Å². The molecule has 0 fully saturated rings. The summed E-state index contributed by atoms with van der Waals surface area (Å²) in [4.78, 5) is 0. The molecule has 0 unspecified atom stereocenters. The highest BCUT2D eigenvalue weighted by molar-refractivity contribution is 7.82. The molecule has 0 saturated heterocycles. The van der Waals surface area contributed by atoms with Crippen molar-refractivity contribution in [3.8, 4) is 11.5 Å². The monoisotopic (exact) mass is 646 g/mol. The summed E-state index contributed by atoms with van der Waals surface area (Å²) in [5.41, 5.74) is 0. The minimum atomic E-state index is -2.12. The number of fused-ring (bicyclic) bond motifs is 1. The largest absolute Gasteiger partial charge is 0.575 e. The van der Waals surface area contributed by atoms with Crippen molar-refractivity contribution in [3.05, 3.63) is 24.3 Å². The summed E-state index contributed by atoms with van der Waals surface area (Å²) in [5, 5.41) is 1.47. The summed E-state index contributed by atoms with van der Waals surface area (Å²) in [6.45, 7) is 54.3. The molecular weight excluding hydrogens is 580 g/mol. The topological polar surface area (TPSA) is 18.5 Å². The van der Waals surface area contributed by atoms with Crippen molar-refractivity contribution in [1.82, 2.24) is 0 Å². The van der Waals surface area contributed by atoms with E-state index in [1.165, 1.54) is 0 Å². The van der Waals surface area contributed by atoms with Crippen molar-refractivity contribution >= 4 is 43.7 Å². The fraction of sp³-hybridized carbons (Fsp3) is 0.818. The highest BCUT2D eigenvalue weighted by atomic mass is 29.8. The van der Waals surface area contributed by atoms with E-state index in [-0.39, 0.29) is 36.9 Å². The first kappa shape index (κ1) is 37.2. The molecule has 0 aliphatic carbocycles. The van der Waals surface area contributed by atoms with E-state index in [4.69, 9.17) is 9.31 Å². The van der Waals surface area contributed by atoms with Gasteiger partial charge in [0.25, 0.3) is 0 Å². The van der Waals surface area contributed by atoms with Gasteiger partial charge in [0.05, 0.1) is 30.1 Å². The molecule has 0 spiro atoms. The van der Waals surface area contributed by atoms with E-state index in [0.29, 0.717) is 0 Å². The molecule has 0 radical (unpaired) electrons. The van der Waals surface area contributed by atoms with Gasteiger partial charge in [-0.3, -0.25) is 0 Å². The maximum Gasteiger partial charge on any atom is 0.575 e. The number of para-hydroxylation sites is 2. The second kappa shape index (κ2) is 10.8. The third-order valence-electron chi connectivity index (χ3n) is 12.4. The zero-order chi connectivity index (χ0) is 32.6. The third-order valence-corrected chi connectivity index (χ3v) is 94.5. The lowest BCUT2D eigenvalue weighted by molar-refractivity contribution is 0.526. The van der Waals surface area contributed by atoms with Crippen LogP contribution in [0.5, 0.6) is 11.5 Å². The molecule has 1 heterocycles. The Kier molecular flexibility index (Phi) is 9.79. The summed E-state index contributed by atoms with van der Waals surface area (Å²) in [6.07, 6.45) is 0. The van der Waals surface area contributed by atoms with Gasteiger partial charge in [-0.05, 0) is 49.3 Å². The van der Waals surface area contributed by atoms with Crippen LogP contribution in [0.25, 0.3) is 0 Å². The van der Waals surface area contributed by atoms with Crippen molar-refractivity contribution in [2.45, 2.75) is 174 Å². The van der Waals surface area contributed by atoms with Gasteiger partial charge in [0.1, 0.15) is 11.5 Å². The van der Waals surface area contributed by atoms with Crippen LogP contribution in [0.15, 0.2) is 24.3 Å². The van der Waals surface area contributed by atoms with Gasteiger partial charge in [-0.25, -0.2) is 0 Å². The molecule has 8 heteroatoms. The second-order valence-corrected chi connectivity index (χ2v) is 60.2. The van der Waals surface area contributed by atoms with Gasteiger partial charge in [-0.15, -0.1) is 0 Å². The zero-order valence-electron chi connectivity index (χ0n) is 31.2. The summed E-state index contributed by atoms with van der Waals surface area (Å²) in [6, 6.07) is 8.50. The maximum atomic E-state index is 7.16. The van der Waals surface area contributed by atoms with Crippen LogP contribution in [0, 0.1) is 0 Å². The molecule has 2 rings (SSSR count). The van der Waals surface area contributed by atoms with Gasteiger partial charge < -0.3 is 9.31 Å². The number of hydrogen-bond acceptors (Lipinski definition) is 2. The maximum absolute atomic E-state index is 7.16. The van der Waals surface area contributed by atoms with Gasteiger partial charge in [0, 0.05) is 0 Å². The lowest BCUT2D eigenvalue weighted by Gasteiger charge is -2.64. The van der Waals surface area contributed by atoms with Gasteiger partial charge in [-0.2, -0.15) is 0 Å². The first-order chi connectivity index (χ1) is 17.8. The molecule has 1 aromatic rings. The molecule has 0 amide bonds. The standard InChI is InChI=1S/C33H67BO2Si5/c1-28(2,3)39(19,29(4,5)6)37(34-35-26-24-22-23-25-27(26)36-34)38(40(20,30(7,8)9)31(10,11)12)41(21,32(13,14)15)33(16,17)18/h22-25H,1-21H3. The Morgan fingerprint density at radius 1 is 0.463 bits per heavy atom. The zero-order valence-corrected chi connectivity index (χ0v) is 36.2. The van der Waals surface area contributed by atoms with Gasteiger partial charge in [0.15, 0.2) is 0 Å². The number of benzene rings is 1. The van der Waals surface area contributed by atoms with Crippen LogP contribution < -0.4 is 9.31 Å². The Balaban J connectivity index is 3.53. The van der Waals surface area contributed by atoms with Crippen LogP contribution in [0.3, 0.4) is 0 Å². The molecule has 0 N–H and O–H groups in total. The minimum absolute atomic E-state index is 0.116. The van der Waals surface area contributed by atoms with E-state index in [2.05, 4.69) is 169 Å². The second-order valence-electron chi connectivity index (χ2n) is 19.7. The molecule has 41 heavy (non-hydrogen) atoms. The highest BCUT2D eigenvalue weighted by Gasteiger charge is 2.68. The predicted molar refractivity (Wildman–Crippen MR) is 198 cm³/mol. The molecule has 1 aliphatic rings. The van der Waals surface area contributed by atoms with E-state index in [1.54, 1.807) is 0 Å². The molecule has 0 saturated carbocycles. The normalized spacial score (nSPS) is 16.3. The van der Waals surface area contributed by atoms with Crippen molar-refractivity contribution in [2.75, 3.05) is 0 Å². The summed E-state index contributed by atoms with van der Waals surface area (Å²) >= 11 is 0. The molecule has 1 aliphatic heterocycles. The molecule has 0 atom stereocenters. The van der Waals surface area contributed by atoms with E-state index in [1.807, 2.05) is 0 Å². The van der Waals surface area contributed by atoms with Crippen molar-refractivity contribution in [2.24, 2.45) is 0 Å². The van der Waals surface area contributed by atoms with Crippen LogP contribution in [0.1, 0.15) is 125 Å².